The van der Waals surface area contributed by atoms with E-state index < -0.39 is 0 Å². The van der Waals surface area contributed by atoms with Crippen LogP contribution < -0.4 is 14.8 Å². The summed E-state index contributed by atoms with van der Waals surface area (Å²) in [6.45, 7) is 3.99. The second-order valence-electron chi connectivity index (χ2n) is 5.06. The number of nitrogens with zero attached hydrogens (tertiary/aromatic N) is 1. The Morgan fingerprint density at radius 2 is 1.95 bits per heavy atom. The van der Waals surface area contributed by atoms with Gasteiger partial charge in [-0.1, -0.05) is 0 Å². The molecule has 5 heteroatoms. The molecule has 0 unspecified atom stereocenters. The summed E-state index contributed by atoms with van der Waals surface area (Å²) < 4.78 is 10.6. The first kappa shape index (κ1) is 15.1. The van der Waals surface area contributed by atoms with Crippen molar-refractivity contribution < 1.29 is 14.6 Å². The average Bonchev–Trinajstić information content (AvgIpc) is 2.49. The van der Waals surface area contributed by atoms with Crippen molar-refractivity contribution in [2.24, 2.45) is 0 Å². The molecule has 1 saturated heterocycles. The molecule has 1 aromatic rings. The van der Waals surface area contributed by atoms with Crippen LogP contribution in [0.4, 0.5) is 0 Å². The molecule has 0 amide bonds. The van der Waals surface area contributed by atoms with E-state index in [9.17, 15) is 5.11 Å². The van der Waals surface area contributed by atoms with E-state index in [-0.39, 0.29) is 6.61 Å². The van der Waals surface area contributed by atoms with Crippen LogP contribution >= 0.6 is 0 Å². The Hall–Kier alpha value is -1.30. The molecule has 0 spiro atoms. The predicted molar refractivity (Wildman–Crippen MR) is 78.3 cm³/mol. The Balaban J connectivity index is 2.10. The van der Waals surface area contributed by atoms with E-state index in [4.69, 9.17) is 9.47 Å². The highest BCUT2D eigenvalue weighted by Crippen LogP contribution is 2.24. The Kier molecular flexibility index (Phi) is 5.64. The monoisotopic (exact) mass is 280 g/mol. The minimum absolute atomic E-state index is 0.226. The number of ether oxygens (including phenoxy) is 2. The molecule has 1 fully saturated rings. The maximum atomic E-state index is 9.17. The van der Waals surface area contributed by atoms with E-state index in [1.165, 1.54) is 5.56 Å². The molecular weight excluding hydrogens is 256 g/mol. The molecule has 2 N–H and O–H groups in total. The second-order valence-corrected chi connectivity index (χ2v) is 5.06. The summed E-state index contributed by atoms with van der Waals surface area (Å²) >= 11 is 0. The largest absolute Gasteiger partial charge is 0.497 e. The molecule has 1 atom stereocenters. The van der Waals surface area contributed by atoms with Gasteiger partial charge in [0.15, 0.2) is 0 Å². The van der Waals surface area contributed by atoms with Gasteiger partial charge < -0.3 is 19.9 Å². The van der Waals surface area contributed by atoms with Crippen molar-refractivity contribution in [1.82, 2.24) is 10.2 Å². The van der Waals surface area contributed by atoms with Gasteiger partial charge in [0.05, 0.1) is 14.2 Å². The van der Waals surface area contributed by atoms with Gasteiger partial charge in [0.1, 0.15) is 11.5 Å². The van der Waals surface area contributed by atoms with Gasteiger partial charge in [0.25, 0.3) is 0 Å². The maximum absolute atomic E-state index is 9.17. The van der Waals surface area contributed by atoms with Gasteiger partial charge in [-0.05, 0) is 24.1 Å². The summed E-state index contributed by atoms with van der Waals surface area (Å²) in [6.07, 6.45) is 0.800. The number of hydrogen-bond donors (Lipinski definition) is 2. The van der Waals surface area contributed by atoms with Gasteiger partial charge >= 0.3 is 0 Å². The number of nitrogens with one attached hydrogen (secondary N) is 1. The topological polar surface area (TPSA) is 54.0 Å². The van der Waals surface area contributed by atoms with Crippen LogP contribution in [0.5, 0.6) is 11.5 Å². The first-order valence-corrected chi connectivity index (χ1v) is 7.04. The van der Waals surface area contributed by atoms with Gasteiger partial charge in [0, 0.05) is 44.9 Å². The van der Waals surface area contributed by atoms with Gasteiger partial charge in [-0.25, -0.2) is 0 Å². The molecule has 5 nitrogen and oxygen atoms in total. The lowest BCUT2D eigenvalue weighted by molar-refractivity contribution is 0.123. The highest BCUT2D eigenvalue weighted by Gasteiger charge is 2.21. The molecule has 0 aromatic heterocycles. The van der Waals surface area contributed by atoms with E-state index in [1.54, 1.807) is 14.2 Å². The molecule has 0 saturated carbocycles. The molecular formula is C15H24N2O3. The zero-order valence-electron chi connectivity index (χ0n) is 12.3. The lowest BCUT2D eigenvalue weighted by Crippen LogP contribution is -2.51. The van der Waals surface area contributed by atoms with Crippen LogP contribution in [0.2, 0.25) is 0 Å². The zero-order chi connectivity index (χ0) is 14.4. The van der Waals surface area contributed by atoms with Crippen LogP contribution in [0, 0.1) is 0 Å². The molecule has 0 aliphatic carbocycles. The molecule has 20 heavy (non-hydrogen) atoms. The lowest BCUT2D eigenvalue weighted by atomic mass is 10.1. The highest BCUT2D eigenvalue weighted by atomic mass is 16.5. The van der Waals surface area contributed by atoms with E-state index >= 15 is 0 Å². The summed E-state index contributed by atoms with van der Waals surface area (Å²) in [7, 11) is 3.33. The third-order valence-electron chi connectivity index (χ3n) is 3.73. The maximum Gasteiger partial charge on any atom is 0.122 e. The van der Waals surface area contributed by atoms with Gasteiger partial charge in [-0.15, -0.1) is 0 Å². The number of piperazine rings is 1. The number of rotatable bonds is 6. The molecule has 1 aromatic carbocycles. The van der Waals surface area contributed by atoms with E-state index in [1.807, 2.05) is 18.2 Å². The van der Waals surface area contributed by atoms with Crippen molar-refractivity contribution in [1.29, 1.82) is 0 Å². The minimum Gasteiger partial charge on any atom is -0.497 e. The number of hydrogen-bond acceptors (Lipinski definition) is 5. The highest BCUT2D eigenvalue weighted by molar-refractivity contribution is 5.38. The first-order valence-electron chi connectivity index (χ1n) is 7.04. The smallest absolute Gasteiger partial charge is 0.122 e. The molecule has 0 bridgehead atoms. The van der Waals surface area contributed by atoms with E-state index in [2.05, 4.69) is 10.2 Å². The normalized spacial score (nSPS) is 19.9. The van der Waals surface area contributed by atoms with Crippen molar-refractivity contribution >= 4 is 0 Å². The van der Waals surface area contributed by atoms with Crippen molar-refractivity contribution in [2.45, 2.75) is 19.0 Å². The number of aliphatic hydroxyl groups is 1. The number of aliphatic hydroxyl groups excluding tert-OH is 1. The Morgan fingerprint density at radius 1 is 1.25 bits per heavy atom. The van der Waals surface area contributed by atoms with Gasteiger partial charge in [-0.3, -0.25) is 4.90 Å². The second kappa shape index (κ2) is 7.47. The molecule has 1 aliphatic heterocycles. The van der Waals surface area contributed by atoms with Crippen LogP contribution in [0.25, 0.3) is 0 Å². The van der Waals surface area contributed by atoms with Gasteiger partial charge in [-0.2, -0.15) is 0 Å². The van der Waals surface area contributed by atoms with Crippen molar-refractivity contribution in [3.8, 4) is 11.5 Å². The third kappa shape index (κ3) is 3.85. The quantitative estimate of drug-likeness (QED) is 0.809. The molecule has 1 heterocycles. The van der Waals surface area contributed by atoms with Crippen molar-refractivity contribution in [3.05, 3.63) is 23.8 Å². The van der Waals surface area contributed by atoms with Crippen LogP contribution in [-0.2, 0) is 6.54 Å². The summed E-state index contributed by atoms with van der Waals surface area (Å²) in [6, 6.07) is 6.35. The first-order chi connectivity index (χ1) is 9.76. The third-order valence-corrected chi connectivity index (χ3v) is 3.73. The fourth-order valence-electron chi connectivity index (χ4n) is 2.64. The fraction of sp³-hybridized carbons (Fsp3) is 0.600. The van der Waals surface area contributed by atoms with Crippen LogP contribution in [0.15, 0.2) is 18.2 Å². The predicted octanol–water partition coefficient (Wildman–Crippen LogP) is 0.860. The van der Waals surface area contributed by atoms with Crippen molar-refractivity contribution in [2.75, 3.05) is 40.5 Å². The molecule has 1 aliphatic rings. The standard InChI is InChI=1S/C15H24N2O3/c1-19-14-7-12(8-15(9-14)20-2)11-17-5-4-16-10-13(17)3-6-18/h7-9,13,16,18H,3-6,10-11H2,1-2H3/t13-/m0/s1. The van der Waals surface area contributed by atoms with Crippen molar-refractivity contribution in [3.63, 3.8) is 0 Å². The lowest BCUT2D eigenvalue weighted by Gasteiger charge is -2.36. The van der Waals surface area contributed by atoms with E-state index in [0.717, 1.165) is 44.1 Å². The summed E-state index contributed by atoms with van der Waals surface area (Å²) in [4.78, 5) is 2.40. The summed E-state index contributed by atoms with van der Waals surface area (Å²) in [5.41, 5.74) is 1.17. The fourth-order valence-corrected chi connectivity index (χ4v) is 2.64. The Morgan fingerprint density at radius 3 is 2.55 bits per heavy atom. The van der Waals surface area contributed by atoms with E-state index in [0.29, 0.717) is 6.04 Å². The summed E-state index contributed by atoms with van der Waals surface area (Å²) in [5.74, 6) is 1.63. The molecule has 2 rings (SSSR count). The molecule has 0 radical (unpaired) electrons. The number of benzene rings is 1. The molecule has 112 valence electrons. The Bertz CT molecular complexity index is 401. The number of methoxy groups -OCH3 is 2. The van der Waals surface area contributed by atoms with Crippen LogP contribution in [0.1, 0.15) is 12.0 Å². The van der Waals surface area contributed by atoms with Crippen LogP contribution in [-0.4, -0.2) is 56.5 Å². The SMILES string of the molecule is COc1cc(CN2CCNC[C@@H]2CCO)cc(OC)c1. The zero-order valence-corrected chi connectivity index (χ0v) is 12.3. The van der Waals surface area contributed by atoms with Gasteiger partial charge in [0.2, 0.25) is 0 Å². The van der Waals surface area contributed by atoms with Crippen LogP contribution in [0.3, 0.4) is 0 Å². The Labute approximate surface area is 120 Å². The average molecular weight is 280 g/mol. The minimum atomic E-state index is 0.226. The summed E-state index contributed by atoms with van der Waals surface area (Å²) in [5, 5.41) is 12.6.